The van der Waals surface area contributed by atoms with Crippen LogP contribution in [0.25, 0.3) is 5.69 Å². The number of nitrogens with zero attached hydrogens (tertiary/aromatic N) is 1. The van der Waals surface area contributed by atoms with Crippen LogP contribution < -0.4 is 5.56 Å². The molecule has 0 atom stereocenters. The number of carbonyl (C=O) groups is 1. The van der Waals surface area contributed by atoms with Crippen molar-refractivity contribution in [3.05, 3.63) is 62.0 Å². The Morgan fingerprint density at radius 3 is 2.53 bits per heavy atom. The van der Waals surface area contributed by atoms with Gasteiger partial charge in [0.05, 0.1) is 10.7 Å². The number of pyridine rings is 1. The van der Waals surface area contributed by atoms with Crippen LogP contribution in [0.4, 0.5) is 0 Å². The molecule has 0 aliphatic carbocycles. The Bertz CT molecular complexity index is 722. The molecule has 1 heterocycles. The highest BCUT2D eigenvalue weighted by Gasteiger charge is 2.15. The van der Waals surface area contributed by atoms with Crippen LogP contribution in [0.3, 0.4) is 0 Å². The molecule has 6 heteroatoms. The Balaban J connectivity index is 2.82. The number of hydrogen-bond donors (Lipinski definition) is 1. The summed E-state index contributed by atoms with van der Waals surface area (Å²) in [7, 11) is 0. The van der Waals surface area contributed by atoms with Gasteiger partial charge in [0.15, 0.2) is 0 Å². The van der Waals surface area contributed by atoms with Gasteiger partial charge in [0.1, 0.15) is 5.56 Å². The van der Waals surface area contributed by atoms with Crippen molar-refractivity contribution >= 4 is 29.2 Å². The van der Waals surface area contributed by atoms with Crippen LogP contribution in [0.15, 0.2) is 35.1 Å². The molecule has 2 aromatic rings. The van der Waals surface area contributed by atoms with Crippen LogP contribution in [-0.2, 0) is 0 Å². The van der Waals surface area contributed by atoms with E-state index < -0.39 is 11.5 Å². The smallest absolute Gasteiger partial charge is 0.341 e. The van der Waals surface area contributed by atoms with E-state index in [2.05, 4.69) is 0 Å². The van der Waals surface area contributed by atoms with E-state index in [1.165, 1.54) is 16.7 Å². The predicted molar refractivity (Wildman–Crippen MR) is 73.8 cm³/mol. The molecule has 0 saturated carbocycles. The number of aromatic carboxylic acids is 1. The maximum atomic E-state index is 12.2. The second-order valence-corrected chi connectivity index (χ2v) is 4.77. The molecule has 0 amide bonds. The number of benzene rings is 1. The summed E-state index contributed by atoms with van der Waals surface area (Å²) in [4.78, 5) is 23.2. The minimum atomic E-state index is -1.28. The lowest BCUT2D eigenvalue weighted by molar-refractivity contribution is 0.0694. The van der Waals surface area contributed by atoms with Crippen LogP contribution in [0.1, 0.15) is 16.1 Å². The lowest BCUT2D eigenvalue weighted by Gasteiger charge is -2.12. The van der Waals surface area contributed by atoms with Crippen LogP contribution in [0.2, 0.25) is 10.0 Å². The molecule has 1 aromatic heterocycles. The highest BCUT2D eigenvalue weighted by molar-refractivity contribution is 6.34. The van der Waals surface area contributed by atoms with Gasteiger partial charge < -0.3 is 5.11 Å². The average Bonchev–Trinajstić information content (AvgIpc) is 2.33. The molecule has 0 bridgehead atoms. The number of aromatic nitrogens is 1. The summed E-state index contributed by atoms with van der Waals surface area (Å²) in [6.07, 6.45) is 0. The van der Waals surface area contributed by atoms with Crippen molar-refractivity contribution in [2.45, 2.75) is 6.92 Å². The standard InChI is InChI=1S/C13H9Cl2NO3/c1-7-2-4-9(13(18)19)12(17)16(7)11-6-8(14)3-5-10(11)15/h2-6H,1H3,(H,18,19). The zero-order valence-electron chi connectivity index (χ0n) is 9.85. The Hall–Kier alpha value is -1.78. The van der Waals surface area contributed by atoms with Crippen molar-refractivity contribution in [3.8, 4) is 5.69 Å². The van der Waals surface area contributed by atoms with Crippen molar-refractivity contribution in [2.24, 2.45) is 0 Å². The number of aryl methyl sites for hydroxylation is 1. The number of rotatable bonds is 2. The summed E-state index contributed by atoms with van der Waals surface area (Å²) >= 11 is 11.9. The molecule has 98 valence electrons. The first kappa shape index (κ1) is 13.6. The molecule has 0 aliphatic heterocycles. The minimum absolute atomic E-state index is 0.317. The summed E-state index contributed by atoms with van der Waals surface area (Å²) in [6, 6.07) is 7.48. The van der Waals surface area contributed by atoms with Crippen LogP contribution in [0, 0.1) is 6.92 Å². The first-order valence-electron chi connectivity index (χ1n) is 5.33. The highest BCUT2D eigenvalue weighted by atomic mass is 35.5. The second kappa shape index (κ2) is 5.07. The zero-order valence-corrected chi connectivity index (χ0v) is 11.4. The van der Waals surface area contributed by atoms with E-state index in [-0.39, 0.29) is 5.56 Å². The Morgan fingerprint density at radius 2 is 1.89 bits per heavy atom. The van der Waals surface area contributed by atoms with Gasteiger partial charge in [0, 0.05) is 10.7 Å². The van der Waals surface area contributed by atoms with E-state index in [0.717, 1.165) is 0 Å². The third-order valence-corrected chi connectivity index (χ3v) is 3.21. The Labute approximate surface area is 118 Å². The average molecular weight is 298 g/mol. The zero-order chi connectivity index (χ0) is 14.2. The van der Waals surface area contributed by atoms with Crippen molar-refractivity contribution in [1.82, 2.24) is 4.57 Å². The highest BCUT2D eigenvalue weighted by Crippen LogP contribution is 2.24. The maximum Gasteiger partial charge on any atom is 0.341 e. The van der Waals surface area contributed by atoms with Crippen molar-refractivity contribution in [3.63, 3.8) is 0 Å². The molecule has 19 heavy (non-hydrogen) atoms. The molecular formula is C13H9Cl2NO3. The van der Waals surface area contributed by atoms with E-state index in [0.29, 0.717) is 21.4 Å². The molecule has 0 fully saturated rings. The van der Waals surface area contributed by atoms with Gasteiger partial charge in [-0.05, 0) is 37.3 Å². The molecule has 0 radical (unpaired) electrons. The van der Waals surface area contributed by atoms with Crippen molar-refractivity contribution in [1.29, 1.82) is 0 Å². The van der Waals surface area contributed by atoms with Gasteiger partial charge in [-0.1, -0.05) is 23.2 Å². The van der Waals surface area contributed by atoms with Crippen LogP contribution in [0.5, 0.6) is 0 Å². The fourth-order valence-corrected chi connectivity index (χ4v) is 2.12. The Kier molecular flexibility index (Phi) is 3.64. The van der Waals surface area contributed by atoms with Gasteiger partial charge in [0.2, 0.25) is 0 Å². The minimum Gasteiger partial charge on any atom is -0.477 e. The molecule has 0 aliphatic rings. The van der Waals surface area contributed by atoms with Crippen molar-refractivity contribution in [2.75, 3.05) is 0 Å². The normalized spacial score (nSPS) is 10.5. The largest absolute Gasteiger partial charge is 0.477 e. The number of hydrogen-bond acceptors (Lipinski definition) is 2. The predicted octanol–water partition coefficient (Wildman–Crippen LogP) is 3.15. The molecule has 4 nitrogen and oxygen atoms in total. The summed E-state index contributed by atoms with van der Waals surface area (Å²) in [5.41, 5.74) is -0.0303. The third kappa shape index (κ3) is 2.50. The third-order valence-electron chi connectivity index (χ3n) is 2.66. The van der Waals surface area contributed by atoms with Gasteiger partial charge in [-0.25, -0.2) is 4.79 Å². The van der Waals surface area contributed by atoms with Gasteiger partial charge in [-0.3, -0.25) is 9.36 Å². The Morgan fingerprint density at radius 1 is 1.21 bits per heavy atom. The topological polar surface area (TPSA) is 59.3 Å². The second-order valence-electron chi connectivity index (χ2n) is 3.93. The van der Waals surface area contributed by atoms with E-state index in [9.17, 15) is 9.59 Å². The SMILES string of the molecule is Cc1ccc(C(=O)O)c(=O)n1-c1cc(Cl)ccc1Cl. The van der Waals surface area contributed by atoms with Crippen molar-refractivity contribution < 1.29 is 9.90 Å². The number of halogens is 2. The molecule has 0 saturated heterocycles. The fourth-order valence-electron chi connectivity index (χ4n) is 1.75. The van der Waals surface area contributed by atoms with Gasteiger partial charge in [0.25, 0.3) is 5.56 Å². The summed E-state index contributed by atoms with van der Waals surface area (Å²) in [5, 5.41) is 9.70. The van der Waals surface area contributed by atoms with Gasteiger partial charge in [-0.2, -0.15) is 0 Å². The monoisotopic (exact) mass is 297 g/mol. The molecule has 1 aromatic carbocycles. The summed E-state index contributed by atoms with van der Waals surface area (Å²) in [5.74, 6) is -1.28. The summed E-state index contributed by atoms with van der Waals surface area (Å²) < 4.78 is 1.23. The van der Waals surface area contributed by atoms with Gasteiger partial charge >= 0.3 is 5.97 Å². The van der Waals surface area contributed by atoms with Gasteiger partial charge in [-0.15, -0.1) is 0 Å². The molecule has 1 N–H and O–H groups in total. The van der Waals surface area contributed by atoms with E-state index >= 15 is 0 Å². The van der Waals surface area contributed by atoms with E-state index in [4.69, 9.17) is 28.3 Å². The number of carboxylic acid groups (broad SMARTS) is 1. The fraction of sp³-hybridized carbons (Fsp3) is 0.0769. The quantitative estimate of drug-likeness (QED) is 0.926. The molecule has 0 unspecified atom stereocenters. The first-order chi connectivity index (χ1) is 8.91. The lowest BCUT2D eigenvalue weighted by Crippen LogP contribution is -2.26. The van der Waals surface area contributed by atoms with E-state index in [1.54, 1.807) is 25.1 Å². The molecular weight excluding hydrogens is 289 g/mol. The van der Waals surface area contributed by atoms with Crippen LogP contribution >= 0.6 is 23.2 Å². The van der Waals surface area contributed by atoms with E-state index in [1.807, 2.05) is 0 Å². The first-order valence-corrected chi connectivity index (χ1v) is 6.09. The number of carboxylic acids is 1. The lowest BCUT2D eigenvalue weighted by atomic mass is 10.2. The summed E-state index contributed by atoms with van der Waals surface area (Å²) in [6.45, 7) is 1.68. The molecule has 2 rings (SSSR count). The maximum absolute atomic E-state index is 12.2. The van der Waals surface area contributed by atoms with Crippen LogP contribution in [-0.4, -0.2) is 15.6 Å². The molecule has 0 spiro atoms.